The number of benzene rings is 3. The highest BCUT2D eigenvalue weighted by atomic mass is 127. The minimum Gasteiger partial charge on any atom is -0.493 e. The molecule has 196 valence electrons. The zero-order valence-corrected chi connectivity index (χ0v) is 24.7. The van der Waals surface area contributed by atoms with Gasteiger partial charge in [-0.2, -0.15) is 8.42 Å². The number of thioether (sulfide) groups is 1. The predicted molar refractivity (Wildman–Crippen MR) is 152 cm³/mol. The Kier molecular flexibility index (Phi) is 8.44. The molecule has 0 N–H and O–H groups in total. The molecule has 0 bridgehead atoms. The van der Waals surface area contributed by atoms with Crippen molar-refractivity contribution in [2.45, 2.75) is 11.4 Å². The van der Waals surface area contributed by atoms with Crippen LogP contribution in [0.5, 0.6) is 11.5 Å². The number of amides is 2. The summed E-state index contributed by atoms with van der Waals surface area (Å²) in [6.07, 6.45) is 1.50. The molecule has 2 amide bonds. The first-order chi connectivity index (χ1) is 18.0. The molecule has 1 aliphatic rings. The van der Waals surface area contributed by atoms with Gasteiger partial charge in [0.2, 0.25) is 0 Å². The zero-order chi connectivity index (χ0) is 27.6. The highest BCUT2D eigenvalue weighted by Gasteiger charge is 2.35. The summed E-state index contributed by atoms with van der Waals surface area (Å²) in [5, 5.41) is 10.4. The van der Waals surface area contributed by atoms with Crippen molar-refractivity contribution in [3.63, 3.8) is 0 Å². The second-order valence-electron chi connectivity index (χ2n) is 7.72. The highest BCUT2D eigenvalue weighted by molar-refractivity contribution is 14.1. The summed E-state index contributed by atoms with van der Waals surface area (Å²) in [4.78, 5) is 36.7. The van der Waals surface area contributed by atoms with E-state index in [0.29, 0.717) is 5.56 Å². The SMILES string of the molecule is COc1cc(/C=C2\SC(=O)N(Cc3ccc(I)cc3)C2=O)cc(Br)c1OS(=O)(=O)c1ccc([N+](=O)[O-])cc1. The number of rotatable bonds is 8. The van der Waals surface area contributed by atoms with E-state index in [2.05, 4.69) is 38.5 Å². The summed E-state index contributed by atoms with van der Waals surface area (Å²) >= 11 is 6.24. The lowest BCUT2D eigenvalue weighted by molar-refractivity contribution is -0.384. The van der Waals surface area contributed by atoms with Gasteiger partial charge in [0, 0.05) is 15.7 Å². The Morgan fingerprint density at radius 1 is 1.11 bits per heavy atom. The van der Waals surface area contributed by atoms with Crippen LogP contribution < -0.4 is 8.92 Å². The fourth-order valence-corrected chi connectivity index (χ4v) is 6.16. The third kappa shape index (κ3) is 6.19. The van der Waals surface area contributed by atoms with Crippen molar-refractivity contribution in [2.24, 2.45) is 0 Å². The molecule has 0 atom stereocenters. The molecule has 0 aromatic heterocycles. The first-order valence-corrected chi connectivity index (χ1v) is 14.6. The van der Waals surface area contributed by atoms with Crippen molar-refractivity contribution in [1.82, 2.24) is 4.90 Å². The number of nitrogens with zero attached hydrogens (tertiary/aromatic N) is 2. The van der Waals surface area contributed by atoms with Crippen LogP contribution >= 0.6 is 50.3 Å². The number of carbonyl (C=O) groups is 2. The summed E-state index contributed by atoms with van der Waals surface area (Å²) in [5.74, 6) is -0.571. The molecule has 0 unspecified atom stereocenters. The van der Waals surface area contributed by atoms with E-state index in [0.717, 1.165) is 50.1 Å². The van der Waals surface area contributed by atoms with E-state index in [1.54, 1.807) is 0 Å². The minimum absolute atomic E-state index is 0.0363. The number of halogens is 2. The summed E-state index contributed by atoms with van der Waals surface area (Å²) in [6.45, 7) is 0.138. The Morgan fingerprint density at radius 3 is 2.37 bits per heavy atom. The van der Waals surface area contributed by atoms with Crippen molar-refractivity contribution in [3.05, 3.63) is 94.9 Å². The van der Waals surface area contributed by atoms with Gasteiger partial charge in [-0.1, -0.05) is 12.1 Å². The summed E-state index contributed by atoms with van der Waals surface area (Å²) in [7, 11) is -3.05. The van der Waals surface area contributed by atoms with E-state index in [9.17, 15) is 28.1 Å². The average molecular weight is 731 g/mol. The monoisotopic (exact) mass is 730 g/mol. The molecule has 38 heavy (non-hydrogen) atoms. The lowest BCUT2D eigenvalue weighted by Gasteiger charge is -2.14. The van der Waals surface area contributed by atoms with E-state index in [4.69, 9.17) is 8.92 Å². The first-order valence-electron chi connectivity index (χ1n) is 10.5. The van der Waals surface area contributed by atoms with Gasteiger partial charge >= 0.3 is 10.1 Å². The lowest BCUT2D eigenvalue weighted by Crippen LogP contribution is -2.27. The van der Waals surface area contributed by atoms with E-state index < -0.39 is 26.2 Å². The van der Waals surface area contributed by atoms with Gasteiger partial charge in [-0.05, 0) is 104 Å². The van der Waals surface area contributed by atoms with Crippen LogP contribution in [0.2, 0.25) is 0 Å². The van der Waals surface area contributed by atoms with Crippen LogP contribution in [0.1, 0.15) is 11.1 Å². The third-order valence-electron chi connectivity index (χ3n) is 5.21. The predicted octanol–water partition coefficient (Wildman–Crippen LogP) is 5.97. The van der Waals surface area contributed by atoms with Crippen LogP contribution in [-0.4, -0.2) is 36.5 Å². The number of hydrogen-bond acceptors (Lipinski definition) is 9. The number of carbonyl (C=O) groups excluding carboxylic acids is 2. The Hall–Kier alpha value is -2.95. The van der Waals surface area contributed by atoms with Gasteiger partial charge in [0.25, 0.3) is 16.8 Å². The molecule has 0 spiro atoms. The normalized spacial score (nSPS) is 14.7. The van der Waals surface area contributed by atoms with Crippen molar-refractivity contribution in [3.8, 4) is 11.5 Å². The molecule has 4 rings (SSSR count). The van der Waals surface area contributed by atoms with E-state index in [-0.39, 0.29) is 38.0 Å². The molecule has 3 aromatic rings. The largest absolute Gasteiger partial charge is 0.493 e. The maximum atomic E-state index is 12.9. The standard InChI is InChI=1S/C24H16BrIN2O8S2/c1-35-20-11-15(12-21-23(29)27(24(30)37-21)13-14-2-4-16(26)5-3-14)10-19(25)22(20)36-38(33,34)18-8-6-17(7-9-18)28(31)32/h2-12H,13H2,1H3/b21-12-. The van der Waals surface area contributed by atoms with Gasteiger partial charge in [-0.25, -0.2) is 0 Å². The molecule has 1 aliphatic heterocycles. The highest BCUT2D eigenvalue weighted by Crippen LogP contribution is 2.40. The number of methoxy groups -OCH3 is 1. The molecule has 14 heteroatoms. The van der Waals surface area contributed by atoms with Gasteiger partial charge in [0.1, 0.15) is 4.90 Å². The van der Waals surface area contributed by atoms with Crippen LogP contribution in [0.3, 0.4) is 0 Å². The smallest absolute Gasteiger partial charge is 0.339 e. The second kappa shape index (κ2) is 11.4. The van der Waals surface area contributed by atoms with Gasteiger partial charge in [-0.3, -0.25) is 24.6 Å². The lowest BCUT2D eigenvalue weighted by atomic mass is 10.1. The molecule has 1 heterocycles. The second-order valence-corrected chi connectivity index (χ2v) is 12.4. The van der Waals surface area contributed by atoms with Crippen LogP contribution in [0.25, 0.3) is 6.08 Å². The number of non-ortho nitro benzene ring substituents is 1. The molecule has 10 nitrogen and oxygen atoms in total. The molecule has 1 fully saturated rings. The van der Waals surface area contributed by atoms with Crippen molar-refractivity contribution >= 4 is 83.3 Å². The number of ether oxygens (including phenoxy) is 1. The Bertz CT molecular complexity index is 1580. The maximum absolute atomic E-state index is 12.9. The van der Waals surface area contributed by atoms with Gasteiger partial charge in [0.15, 0.2) is 11.5 Å². The molecule has 3 aromatic carbocycles. The third-order valence-corrected chi connectivity index (χ3v) is 8.66. The minimum atomic E-state index is -4.36. The molecule has 0 radical (unpaired) electrons. The van der Waals surface area contributed by atoms with Crippen LogP contribution in [0.4, 0.5) is 10.5 Å². The molecule has 0 saturated carbocycles. The number of nitro benzene ring substituents is 1. The maximum Gasteiger partial charge on any atom is 0.339 e. The zero-order valence-electron chi connectivity index (χ0n) is 19.3. The van der Waals surface area contributed by atoms with Crippen LogP contribution in [0.15, 0.2) is 74.9 Å². The van der Waals surface area contributed by atoms with Crippen molar-refractivity contribution in [1.29, 1.82) is 0 Å². The van der Waals surface area contributed by atoms with Gasteiger partial charge < -0.3 is 8.92 Å². The van der Waals surface area contributed by atoms with Crippen LogP contribution in [0, 0.1) is 13.7 Å². The van der Waals surface area contributed by atoms with Crippen LogP contribution in [-0.2, 0) is 21.5 Å². The average Bonchev–Trinajstić information content (AvgIpc) is 3.13. The van der Waals surface area contributed by atoms with E-state index >= 15 is 0 Å². The fourth-order valence-electron chi connectivity index (χ4n) is 3.36. The summed E-state index contributed by atoms with van der Waals surface area (Å²) in [5.41, 5.74) is 0.998. The number of imide groups is 1. The Morgan fingerprint density at radius 2 is 1.76 bits per heavy atom. The number of nitro groups is 1. The Labute approximate surface area is 243 Å². The van der Waals surface area contributed by atoms with E-state index in [1.165, 1.54) is 25.3 Å². The summed E-state index contributed by atoms with van der Waals surface area (Å²) in [6, 6.07) is 14.7. The topological polar surface area (TPSA) is 133 Å². The first kappa shape index (κ1) is 28.1. The van der Waals surface area contributed by atoms with E-state index in [1.807, 2.05) is 24.3 Å². The molecular weight excluding hydrogens is 715 g/mol. The fraction of sp³-hybridized carbons (Fsp3) is 0.0833. The molecule has 0 aliphatic carbocycles. The number of hydrogen-bond donors (Lipinski definition) is 0. The molecular formula is C24H16BrIN2O8S2. The van der Waals surface area contributed by atoms with Crippen molar-refractivity contribution in [2.75, 3.05) is 7.11 Å². The quantitative estimate of drug-likeness (QED) is 0.0903. The van der Waals surface area contributed by atoms with Gasteiger partial charge in [0.05, 0.1) is 28.0 Å². The van der Waals surface area contributed by atoms with Crippen molar-refractivity contribution < 1.29 is 31.9 Å². The Balaban J connectivity index is 1.58. The van der Waals surface area contributed by atoms with Gasteiger partial charge in [-0.15, -0.1) is 0 Å². The molecule has 1 saturated heterocycles. The summed E-state index contributed by atoms with van der Waals surface area (Å²) < 4.78 is 37.4.